The summed E-state index contributed by atoms with van der Waals surface area (Å²) in [5.74, 6) is -0.588. The Labute approximate surface area is 219 Å². The molecule has 1 aromatic heterocycles. The number of aromatic nitrogens is 2. The lowest BCUT2D eigenvalue weighted by Crippen LogP contribution is -2.42. The van der Waals surface area contributed by atoms with Gasteiger partial charge in [-0.15, -0.1) is 0 Å². The number of benzene rings is 3. The molecular weight excluding hydrogens is 484 g/mol. The van der Waals surface area contributed by atoms with Gasteiger partial charge in [0.05, 0.1) is 17.4 Å². The maximum atomic E-state index is 13.5. The number of aryl methyl sites for hydroxylation is 1. The van der Waals surface area contributed by atoms with Gasteiger partial charge in [0.2, 0.25) is 5.91 Å². The molecule has 4 rings (SSSR count). The maximum Gasteiger partial charge on any atom is 0.332 e. The first-order chi connectivity index (χ1) is 18.4. The zero-order valence-electron chi connectivity index (χ0n) is 21.4. The van der Waals surface area contributed by atoms with Crippen LogP contribution in [0.2, 0.25) is 0 Å². The third-order valence-corrected chi connectivity index (χ3v) is 6.22. The van der Waals surface area contributed by atoms with Gasteiger partial charge in [-0.3, -0.25) is 23.5 Å². The smallest absolute Gasteiger partial charge is 0.332 e. The molecule has 0 aliphatic rings. The Bertz CT molecular complexity index is 1570. The molecule has 0 aliphatic carbocycles. The molecule has 0 fully saturated rings. The number of nitrogens with zero attached hydrogens (tertiary/aromatic N) is 2. The summed E-state index contributed by atoms with van der Waals surface area (Å²) < 4.78 is 7.41. The van der Waals surface area contributed by atoms with E-state index in [1.165, 1.54) is 4.57 Å². The van der Waals surface area contributed by atoms with Gasteiger partial charge in [0.15, 0.2) is 0 Å². The van der Waals surface area contributed by atoms with E-state index >= 15 is 0 Å². The molecule has 0 bridgehead atoms. The highest BCUT2D eigenvalue weighted by Gasteiger charge is 2.16. The molecule has 9 heteroatoms. The molecule has 0 spiro atoms. The number of nitrogens with one attached hydrogen (secondary N) is 2. The molecule has 9 nitrogen and oxygen atoms in total. The van der Waals surface area contributed by atoms with E-state index in [1.807, 2.05) is 25.1 Å². The van der Waals surface area contributed by atoms with E-state index < -0.39 is 11.2 Å². The van der Waals surface area contributed by atoms with Crippen LogP contribution >= 0.6 is 0 Å². The normalized spacial score (nSPS) is 10.9. The second kappa shape index (κ2) is 12.2. The zero-order chi connectivity index (χ0) is 27.1. The number of fused-ring (bicyclic) bond motifs is 1. The highest BCUT2D eigenvalue weighted by atomic mass is 16.5. The van der Waals surface area contributed by atoms with Crippen LogP contribution in [0.5, 0.6) is 0 Å². The van der Waals surface area contributed by atoms with Gasteiger partial charge in [-0.25, -0.2) is 4.79 Å². The Morgan fingerprint density at radius 2 is 1.61 bits per heavy atom. The molecule has 1 heterocycles. The number of carbonyl (C=O) groups excluding carboxylic acids is 2. The lowest BCUT2D eigenvalue weighted by atomic mass is 10.1. The summed E-state index contributed by atoms with van der Waals surface area (Å²) in [6.07, 6.45) is 0.709. The van der Waals surface area contributed by atoms with Gasteiger partial charge in [0.25, 0.3) is 11.5 Å². The molecule has 0 unspecified atom stereocenters. The Morgan fingerprint density at radius 3 is 2.34 bits per heavy atom. The minimum absolute atomic E-state index is 0.00233. The molecular formula is C29H30N4O5. The number of carbonyl (C=O) groups is 2. The third kappa shape index (κ3) is 6.07. The van der Waals surface area contributed by atoms with E-state index in [0.29, 0.717) is 47.3 Å². The number of hydrogen-bond acceptors (Lipinski definition) is 5. The number of rotatable bonds is 10. The average Bonchev–Trinajstić information content (AvgIpc) is 2.93. The maximum absolute atomic E-state index is 13.5. The van der Waals surface area contributed by atoms with Gasteiger partial charge in [0.1, 0.15) is 6.54 Å². The van der Waals surface area contributed by atoms with Crippen LogP contribution in [-0.4, -0.2) is 41.2 Å². The van der Waals surface area contributed by atoms with Crippen molar-refractivity contribution in [3.8, 4) is 0 Å². The van der Waals surface area contributed by atoms with Crippen molar-refractivity contribution in [1.82, 2.24) is 14.5 Å². The van der Waals surface area contributed by atoms with Crippen molar-refractivity contribution in [2.45, 2.75) is 26.4 Å². The van der Waals surface area contributed by atoms with Crippen molar-refractivity contribution in [3.05, 3.63) is 110 Å². The van der Waals surface area contributed by atoms with Gasteiger partial charge in [-0.05, 0) is 54.8 Å². The fraction of sp³-hybridized carbons (Fsp3) is 0.241. The lowest BCUT2D eigenvalue weighted by Gasteiger charge is -2.15. The van der Waals surface area contributed by atoms with Crippen molar-refractivity contribution in [2.24, 2.45) is 0 Å². The summed E-state index contributed by atoms with van der Waals surface area (Å²) in [5, 5.41) is 6.00. The van der Waals surface area contributed by atoms with Gasteiger partial charge in [0, 0.05) is 31.5 Å². The Kier molecular flexibility index (Phi) is 8.50. The summed E-state index contributed by atoms with van der Waals surface area (Å²) in [5.41, 5.74) is 2.06. The van der Waals surface area contributed by atoms with Crippen LogP contribution in [0, 0.1) is 6.92 Å². The van der Waals surface area contributed by atoms with Gasteiger partial charge < -0.3 is 15.4 Å². The number of methoxy groups -OCH3 is 1. The van der Waals surface area contributed by atoms with E-state index in [-0.39, 0.29) is 24.9 Å². The highest BCUT2D eigenvalue weighted by Crippen LogP contribution is 2.14. The van der Waals surface area contributed by atoms with Crippen molar-refractivity contribution in [3.63, 3.8) is 0 Å². The van der Waals surface area contributed by atoms with E-state index in [9.17, 15) is 19.2 Å². The largest absolute Gasteiger partial charge is 0.385 e. The van der Waals surface area contributed by atoms with Crippen LogP contribution in [0.4, 0.5) is 5.69 Å². The van der Waals surface area contributed by atoms with E-state index in [4.69, 9.17) is 4.74 Å². The molecule has 2 amide bonds. The SMILES string of the molecule is COCCCNC(=O)c1ccc(Cn2c(=O)c3ccccc3n(CC(=O)Nc3ccccc3C)c2=O)cc1. The number of para-hydroxylation sites is 2. The lowest BCUT2D eigenvalue weighted by molar-refractivity contribution is -0.116. The second-order valence-electron chi connectivity index (χ2n) is 8.94. The first-order valence-electron chi connectivity index (χ1n) is 12.3. The van der Waals surface area contributed by atoms with Crippen molar-refractivity contribution >= 4 is 28.4 Å². The molecule has 196 valence electrons. The summed E-state index contributed by atoms with van der Waals surface area (Å²) >= 11 is 0. The summed E-state index contributed by atoms with van der Waals surface area (Å²) in [6, 6.07) is 20.8. The number of hydrogen-bond donors (Lipinski definition) is 2. The van der Waals surface area contributed by atoms with E-state index in [0.717, 1.165) is 10.1 Å². The van der Waals surface area contributed by atoms with Gasteiger partial charge >= 0.3 is 5.69 Å². The Balaban J connectivity index is 1.60. The van der Waals surface area contributed by atoms with Gasteiger partial charge in [-0.1, -0.05) is 42.5 Å². The first kappa shape index (κ1) is 26.6. The monoisotopic (exact) mass is 514 g/mol. The minimum atomic E-state index is -0.589. The van der Waals surface area contributed by atoms with Gasteiger partial charge in [-0.2, -0.15) is 0 Å². The summed E-state index contributed by atoms with van der Waals surface area (Å²) in [6.45, 7) is 2.68. The molecule has 0 saturated heterocycles. The second-order valence-corrected chi connectivity index (χ2v) is 8.94. The third-order valence-electron chi connectivity index (χ3n) is 6.22. The zero-order valence-corrected chi connectivity index (χ0v) is 21.4. The molecule has 2 N–H and O–H groups in total. The number of anilines is 1. The fourth-order valence-electron chi connectivity index (χ4n) is 4.17. The molecule has 38 heavy (non-hydrogen) atoms. The van der Waals surface area contributed by atoms with Crippen LogP contribution in [0.15, 0.2) is 82.4 Å². The molecule has 3 aromatic carbocycles. The number of amides is 2. The molecule has 0 saturated carbocycles. The fourth-order valence-corrected chi connectivity index (χ4v) is 4.17. The van der Waals surface area contributed by atoms with Crippen LogP contribution in [0.1, 0.15) is 27.9 Å². The molecule has 4 aromatic rings. The predicted molar refractivity (Wildman–Crippen MR) is 147 cm³/mol. The molecule has 0 aliphatic heterocycles. The highest BCUT2D eigenvalue weighted by molar-refractivity contribution is 5.94. The Morgan fingerprint density at radius 1 is 0.895 bits per heavy atom. The van der Waals surface area contributed by atoms with Crippen molar-refractivity contribution in [2.75, 3.05) is 25.6 Å². The number of ether oxygens (including phenoxy) is 1. The standard InChI is InChI=1S/C29H30N4O5/c1-20-8-3-5-10-24(20)31-26(34)19-32-25-11-6-4-9-23(25)28(36)33(29(32)37)18-21-12-14-22(15-13-21)27(35)30-16-7-17-38-2/h3-6,8-15H,7,16-19H2,1-2H3,(H,30,35)(H,31,34). The van der Waals surface area contributed by atoms with Crippen LogP contribution < -0.4 is 21.9 Å². The van der Waals surface area contributed by atoms with Crippen LogP contribution in [-0.2, 0) is 22.6 Å². The quantitative estimate of drug-likeness (QED) is 0.316. The predicted octanol–water partition coefficient (Wildman–Crippen LogP) is 2.92. The topological polar surface area (TPSA) is 111 Å². The molecule has 0 atom stereocenters. The average molecular weight is 515 g/mol. The minimum Gasteiger partial charge on any atom is -0.385 e. The van der Waals surface area contributed by atoms with Crippen molar-refractivity contribution in [1.29, 1.82) is 0 Å². The van der Waals surface area contributed by atoms with Crippen LogP contribution in [0.25, 0.3) is 10.9 Å². The van der Waals surface area contributed by atoms with E-state index in [1.54, 1.807) is 61.7 Å². The summed E-state index contributed by atoms with van der Waals surface area (Å²) in [7, 11) is 1.61. The van der Waals surface area contributed by atoms with Crippen LogP contribution in [0.3, 0.4) is 0 Å². The summed E-state index contributed by atoms with van der Waals surface area (Å²) in [4.78, 5) is 52.0. The Hall–Kier alpha value is -4.50. The van der Waals surface area contributed by atoms with E-state index in [2.05, 4.69) is 10.6 Å². The molecule has 0 radical (unpaired) electrons. The first-order valence-corrected chi connectivity index (χ1v) is 12.3. The van der Waals surface area contributed by atoms with Crippen molar-refractivity contribution < 1.29 is 14.3 Å².